The van der Waals surface area contributed by atoms with Gasteiger partial charge in [-0.2, -0.15) is 0 Å². The van der Waals surface area contributed by atoms with Gasteiger partial charge in [0.1, 0.15) is 5.82 Å². The summed E-state index contributed by atoms with van der Waals surface area (Å²) in [6.07, 6.45) is 1.88. The minimum atomic E-state index is -0.265. The predicted octanol–water partition coefficient (Wildman–Crippen LogP) is 3.42. The number of hydrogen-bond donors (Lipinski definition) is 2. The molecule has 4 heteroatoms. The van der Waals surface area contributed by atoms with Crippen LogP contribution in [0.3, 0.4) is 0 Å². The highest BCUT2D eigenvalue weighted by Gasteiger charge is 2.22. The maximum atomic E-state index is 13.7. The molecular weight excluding hydrogens is 227 g/mol. The molecule has 90 valence electrons. The third kappa shape index (κ3) is 2.94. The Labute approximate surface area is 101 Å². The van der Waals surface area contributed by atoms with E-state index in [1.54, 1.807) is 12.1 Å². The molecule has 0 fully saturated rings. The molecule has 1 aromatic carbocycles. The van der Waals surface area contributed by atoms with Gasteiger partial charge in [-0.3, -0.25) is 11.3 Å². The topological polar surface area (TPSA) is 38.0 Å². The molecule has 1 atom stereocenters. The van der Waals surface area contributed by atoms with E-state index in [9.17, 15) is 4.39 Å². The van der Waals surface area contributed by atoms with Gasteiger partial charge in [-0.15, -0.1) is 0 Å². The Morgan fingerprint density at radius 2 is 2.00 bits per heavy atom. The first-order chi connectivity index (χ1) is 7.63. The first-order valence-electron chi connectivity index (χ1n) is 5.55. The van der Waals surface area contributed by atoms with Crippen LogP contribution in [0.15, 0.2) is 18.2 Å². The van der Waals surface area contributed by atoms with Crippen molar-refractivity contribution in [3.05, 3.63) is 34.6 Å². The molecule has 0 aliphatic rings. The summed E-state index contributed by atoms with van der Waals surface area (Å²) < 4.78 is 13.7. The van der Waals surface area contributed by atoms with Crippen molar-refractivity contribution >= 4 is 11.6 Å². The highest BCUT2D eigenvalue weighted by atomic mass is 35.5. The van der Waals surface area contributed by atoms with Gasteiger partial charge in [-0.1, -0.05) is 38.3 Å². The maximum absolute atomic E-state index is 13.7. The molecule has 0 saturated carbocycles. The molecule has 0 aromatic heterocycles. The fourth-order valence-electron chi connectivity index (χ4n) is 1.99. The number of benzene rings is 1. The summed E-state index contributed by atoms with van der Waals surface area (Å²) >= 11 is 5.87. The molecular formula is C12H18ClFN2. The van der Waals surface area contributed by atoms with E-state index in [2.05, 4.69) is 19.3 Å². The van der Waals surface area contributed by atoms with Crippen molar-refractivity contribution in [1.29, 1.82) is 0 Å². The predicted molar refractivity (Wildman–Crippen MR) is 65.5 cm³/mol. The van der Waals surface area contributed by atoms with Crippen molar-refractivity contribution in [2.24, 2.45) is 11.8 Å². The summed E-state index contributed by atoms with van der Waals surface area (Å²) in [6.45, 7) is 4.14. The first kappa shape index (κ1) is 13.4. The van der Waals surface area contributed by atoms with Gasteiger partial charge in [-0.05, 0) is 24.1 Å². The zero-order chi connectivity index (χ0) is 12.1. The average Bonchev–Trinajstić information content (AvgIpc) is 2.29. The van der Waals surface area contributed by atoms with Gasteiger partial charge in [0.15, 0.2) is 0 Å². The molecule has 0 saturated heterocycles. The van der Waals surface area contributed by atoms with Crippen LogP contribution >= 0.6 is 11.6 Å². The normalized spacial score (nSPS) is 13.1. The lowest BCUT2D eigenvalue weighted by Crippen LogP contribution is -2.33. The van der Waals surface area contributed by atoms with E-state index in [4.69, 9.17) is 17.4 Å². The Bertz CT molecular complexity index is 340. The van der Waals surface area contributed by atoms with Crippen molar-refractivity contribution in [2.45, 2.75) is 32.7 Å². The summed E-state index contributed by atoms with van der Waals surface area (Å²) in [7, 11) is 0. The number of nitrogens with one attached hydrogen (secondary N) is 1. The Morgan fingerprint density at radius 3 is 2.50 bits per heavy atom. The molecule has 0 amide bonds. The van der Waals surface area contributed by atoms with Crippen molar-refractivity contribution in [1.82, 2.24) is 5.43 Å². The van der Waals surface area contributed by atoms with Crippen LogP contribution in [0.1, 0.15) is 38.3 Å². The molecule has 1 unspecified atom stereocenters. The highest BCUT2D eigenvalue weighted by molar-refractivity contribution is 6.30. The van der Waals surface area contributed by atoms with Crippen LogP contribution in [0.2, 0.25) is 5.02 Å². The molecule has 16 heavy (non-hydrogen) atoms. The van der Waals surface area contributed by atoms with E-state index in [0.717, 1.165) is 12.8 Å². The molecule has 1 aromatic rings. The Morgan fingerprint density at radius 1 is 1.38 bits per heavy atom. The summed E-state index contributed by atoms with van der Waals surface area (Å²) in [4.78, 5) is 0. The largest absolute Gasteiger partial charge is 0.271 e. The number of hydrogen-bond acceptors (Lipinski definition) is 2. The quantitative estimate of drug-likeness (QED) is 0.615. The fraction of sp³-hybridized carbons (Fsp3) is 0.500. The van der Waals surface area contributed by atoms with Crippen molar-refractivity contribution in [2.75, 3.05) is 0 Å². The first-order valence-corrected chi connectivity index (χ1v) is 5.92. The van der Waals surface area contributed by atoms with Crippen LogP contribution in [-0.4, -0.2) is 0 Å². The van der Waals surface area contributed by atoms with Crippen LogP contribution in [-0.2, 0) is 0 Å². The third-order valence-corrected chi connectivity index (χ3v) is 3.23. The number of halogens is 2. The molecule has 0 aliphatic carbocycles. The van der Waals surface area contributed by atoms with Gasteiger partial charge < -0.3 is 0 Å². The Hall–Kier alpha value is -0.640. The third-order valence-electron chi connectivity index (χ3n) is 2.99. The molecule has 3 N–H and O–H groups in total. The lowest BCUT2D eigenvalue weighted by Gasteiger charge is -2.25. The van der Waals surface area contributed by atoms with E-state index >= 15 is 0 Å². The monoisotopic (exact) mass is 244 g/mol. The smallest absolute Gasteiger partial charge is 0.128 e. The van der Waals surface area contributed by atoms with Crippen molar-refractivity contribution < 1.29 is 4.39 Å². The van der Waals surface area contributed by atoms with Crippen LogP contribution < -0.4 is 11.3 Å². The Kier molecular flexibility index (Phi) is 5.19. The lowest BCUT2D eigenvalue weighted by molar-refractivity contribution is 0.336. The van der Waals surface area contributed by atoms with E-state index in [1.807, 2.05) is 0 Å². The average molecular weight is 245 g/mol. The van der Waals surface area contributed by atoms with Gasteiger partial charge in [0, 0.05) is 10.6 Å². The molecule has 0 heterocycles. The van der Waals surface area contributed by atoms with Crippen LogP contribution in [0.5, 0.6) is 0 Å². The standard InChI is InChI=1S/C12H18ClFN2/c1-3-8(4-2)12(16-15)10-7-9(13)5-6-11(10)14/h5-8,12,16H,3-4,15H2,1-2H3. The minimum Gasteiger partial charge on any atom is -0.271 e. The fourth-order valence-corrected chi connectivity index (χ4v) is 2.17. The lowest BCUT2D eigenvalue weighted by atomic mass is 9.89. The maximum Gasteiger partial charge on any atom is 0.128 e. The number of nitrogens with two attached hydrogens (primary N) is 1. The molecule has 0 aliphatic heterocycles. The number of rotatable bonds is 5. The SMILES string of the molecule is CCC(CC)C(NN)c1cc(Cl)ccc1F. The summed E-state index contributed by atoms with van der Waals surface area (Å²) in [6, 6.07) is 4.37. The van der Waals surface area contributed by atoms with E-state index in [1.165, 1.54) is 6.07 Å². The second-order valence-electron chi connectivity index (χ2n) is 3.89. The van der Waals surface area contributed by atoms with Gasteiger partial charge >= 0.3 is 0 Å². The van der Waals surface area contributed by atoms with Crippen LogP contribution in [0.4, 0.5) is 4.39 Å². The van der Waals surface area contributed by atoms with Gasteiger partial charge in [0.05, 0.1) is 6.04 Å². The molecule has 0 radical (unpaired) electrons. The second kappa shape index (κ2) is 6.18. The zero-order valence-corrected chi connectivity index (χ0v) is 10.4. The van der Waals surface area contributed by atoms with Crippen molar-refractivity contribution in [3.63, 3.8) is 0 Å². The zero-order valence-electron chi connectivity index (χ0n) is 9.63. The van der Waals surface area contributed by atoms with Crippen LogP contribution in [0.25, 0.3) is 0 Å². The second-order valence-corrected chi connectivity index (χ2v) is 4.32. The van der Waals surface area contributed by atoms with E-state index < -0.39 is 0 Å². The van der Waals surface area contributed by atoms with E-state index in [0.29, 0.717) is 16.5 Å². The van der Waals surface area contributed by atoms with Crippen molar-refractivity contribution in [3.8, 4) is 0 Å². The highest BCUT2D eigenvalue weighted by Crippen LogP contribution is 2.30. The summed E-state index contributed by atoms with van der Waals surface area (Å²) in [5.41, 5.74) is 3.23. The van der Waals surface area contributed by atoms with Gasteiger partial charge in [0.25, 0.3) is 0 Å². The number of hydrazine groups is 1. The summed E-state index contributed by atoms with van der Waals surface area (Å²) in [5.74, 6) is 5.56. The van der Waals surface area contributed by atoms with E-state index in [-0.39, 0.29) is 11.9 Å². The van der Waals surface area contributed by atoms with Gasteiger partial charge in [-0.25, -0.2) is 4.39 Å². The van der Waals surface area contributed by atoms with Gasteiger partial charge in [0.2, 0.25) is 0 Å². The minimum absolute atomic E-state index is 0.186. The molecule has 0 bridgehead atoms. The molecule has 0 spiro atoms. The Balaban J connectivity index is 3.06. The molecule has 1 rings (SSSR count). The molecule has 2 nitrogen and oxygen atoms in total. The van der Waals surface area contributed by atoms with Crippen LogP contribution in [0, 0.1) is 11.7 Å². The summed E-state index contributed by atoms with van der Waals surface area (Å²) in [5, 5.41) is 0.530.